The molecule has 1 aromatic rings. The zero-order valence-corrected chi connectivity index (χ0v) is 11.6. The highest BCUT2D eigenvalue weighted by atomic mass is 16.5. The quantitative estimate of drug-likeness (QED) is 0.749. The van der Waals surface area contributed by atoms with Gasteiger partial charge in [0.25, 0.3) is 0 Å². The van der Waals surface area contributed by atoms with E-state index in [1.807, 2.05) is 20.8 Å². The SMILES string of the molecule is CCCOc1ccnc(NCC(C(=O)O)C(C)C)n1. The highest BCUT2D eigenvalue weighted by Gasteiger charge is 2.21. The van der Waals surface area contributed by atoms with Gasteiger partial charge in [-0.25, -0.2) is 4.98 Å². The maximum atomic E-state index is 11.1. The van der Waals surface area contributed by atoms with Crippen molar-refractivity contribution < 1.29 is 14.6 Å². The summed E-state index contributed by atoms with van der Waals surface area (Å²) in [4.78, 5) is 19.3. The van der Waals surface area contributed by atoms with Crippen LogP contribution >= 0.6 is 0 Å². The predicted molar refractivity (Wildman–Crippen MR) is 72.3 cm³/mol. The first-order chi connectivity index (χ1) is 9.04. The molecule has 1 atom stereocenters. The smallest absolute Gasteiger partial charge is 0.308 e. The highest BCUT2D eigenvalue weighted by molar-refractivity contribution is 5.71. The Morgan fingerprint density at radius 3 is 2.84 bits per heavy atom. The molecule has 0 bridgehead atoms. The minimum Gasteiger partial charge on any atom is -0.481 e. The monoisotopic (exact) mass is 267 g/mol. The standard InChI is InChI=1S/C13H21N3O3/c1-4-7-19-11-5-6-14-13(16-11)15-8-10(9(2)3)12(17)18/h5-6,9-10H,4,7-8H2,1-3H3,(H,17,18)(H,14,15,16). The fourth-order valence-corrected chi connectivity index (χ4v) is 1.52. The molecular formula is C13H21N3O3. The highest BCUT2D eigenvalue weighted by Crippen LogP contribution is 2.13. The predicted octanol–water partition coefficient (Wildman–Crippen LogP) is 2.03. The Balaban J connectivity index is 2.59. The molecule has 0 spiro atoms. The molecule has 0 aliphatic carbocycles. The molecule has 19 heavy (non-hydrogen) atoms. The van der Waals surface area contributed by atoms with Gasteiger partial charge in [0.2, 0.25) is 11.8 Å². The Morgan fingerprint density at radius 2 is 2.26 bits per heavy atom. The van der Waals surface area contributed by atoms with Crippen LogP contribution in [0.25, 0.3) is 0 Å². The molecule has 1 rings (SSSR count). The zero-order chi connectivity index (χ0) is 14.3. The van der Waals surface area contributed by atoms with E-state index in [0.717, 1.165) is 6.42 Å². The lowest BCUT2D eigenvalue weighted by Gasteiger charge is -2.16. The summed E-state index contributed by atoms with van der Waals surface area (Å²) in [5.41, 5.74) is 0. The molecule has 0 saturated heterocycles. The average Bonchev–Trinajstić information content (AvgIpc) is 2.36. The van der Waals surface area contributed by atoms with E-state index >= 15 is 0 Å². The van der Waals surface area contributed by atoms with Gasteiger partial charge >= 0.3 is 5.97 Å². The van der Waals surface area contributed by atoms with E-state index in [1.165, 1.54) is 0 Å². The number of anilines is 1. The molecular weight excluding hydrogens is 246 g/mol. The number of ether oxygens (including phenoxy) is 1. The summed E-state index contributed by atoms with van der Waals surface area (Å²) in [5, 5.41) is 12.0. The molecule has 106 valence electrons. The van der Waals surface area contributed by atoms with Crippen LogP contribution in [0.3, 0.4) is 0 Å². The lowest BCUT2D eigenvalue weighted by molar-refractivity contribution is -0.142. The van der Waals surface area contributed by atoms with Crippen LogP contribution in [0, 0.1) is 11.8 Å². The molecule has 0 amide bonds. The number of rotatable bonds is 8. The number of aliphatic carboxylic acids is 1. The Labute approximate surface area is 113 Å². The summed E-state index contributed by atoms with van der Waals surface area (Å²) in [7, 11) is 0. The van der Waals surface area contributed by atoms with E-state index < -0.39 is 11.9 Å². The summed E-state index contributed by atoms with van der Waals surface area (Å²) >= 11 is 0. The van der Waals surface area contributed by atoms with Crippen molar-refractivity contribution in [2.24, 2.45) is 11.8 Å². The Bertz CT molecular complexity index is 410. The second-order valence-corrected chi connectivity index (χ2v) is 4.64. The fraction of sp³-hybridized carbons (Fsp3) is 0.615. The number of carbonyl (C=O) groups is 1. The molecule has 0 aliphatic rings. The van der Waals surface area contributed by atoms with E-state index in [2.05, 4.69) is 15.3 Å². The van der Waals surface area contributed by atoms with Crippen LogP contribution in [0.4, 0.5) is 5.95 Å². The topological polar surface area (TPSA) is 84.3 Å². The summed E-state index contributed by atoms with van der Waals surface area (Å²) in [6.45, 7) is 6.66. The Morgan fingerprint density at radius 1 is 1.53 bits per heavy atom. The molecule has 1 heterocycles. The molecule has 2 N–H and O–H groups in total. The van der Waals surface area contributed by atoms with Crippen LogP contribution in [-0.4, -0.2) is 34.2 Å². The molecule has 1 unspecified atom stereocenters. The van der Waals surface area contributed by atoms with E-state index in [0.29, 0.717) is 25.0 Å². The Hall–Kier alpha value is -1.85. The molecule has 6 nitrogen and oxygen atoms in total. The number of carboxylic acids is 1. The molecule has 0 radical (unpaired) electrons. The molecule has 0 aromatic carbocycles. The van der Waals surface area contributed by atoms with Gasteiger partial charge in [0, 0.05) is 18.8 Å². The van der Waals surface area contributed by atoms with Crippen LogP contribution in [-0.2, 0) is 4.79 Å². The van der Waals surface area contributed by atoms with Gasteiger partial charge in [-0.3, -0.25) is 4.79 Å². The van der Waals surface area contributed by atoms with Gasteiger partial charge in [-0.1, -0.05) is 20.8 Å². The summed E-state index contributed by atoms with van der Waals surface area (Å²) in [6, 6.07) is 1.68. The van der Waals surface area contributed by atoms with Crippen LogP contribution in [0.2, 0.25) is 0 Å². The first kappa shape index (κ1) is 15.2. The van der Waals surface area contributed by atoms with Crippen molar-refractivity contribution in [3.05, 3.63) is 12.3 Å². The zero-order valence-electron chi connectivity index (χ0n) is 11.6. The summed E-state index contributed by atoms with van der Waals surface area (Å²) in [6.07, 6.45) is 2.49. The minimum atomic E-state index is -0.819. The van der Waals surface area contributed by atoms with E-state index in [4.69, 9.17) is 9.84 Å². The van der Waals surface area contributed by atoms with Crippen LogP contribution in [0.15, 0.2) is 12.3 Å². The maximum Gasteiger partial charge on any atom is 0.308 e. The largest absolute Gasteiger partial charge is 0.481 e. The van der Waals surface area contributed by atoms with Crippen molar-refractivity contribution in [1.29, 1.82) is 0 Å². The summed E-state index contributed by atoms with van der Waals surface area (Å²) in [5.74, 6) is -0.356. The third-order valence-electron chi connectivity index (χ3n) is 2.69. The van der Waals surface area contributed by atoms with Crippen LogP contribution in [0.5, 0.6) is 5.88 Å². The van der Waals surface area contributed by atoms with Gasteiger partial charge in [-0.15, -0.1) is 0 Å². The lowest BCUT2D eigenvalue weighted by Crippen LogP contribution is -2.28. The number of carboxylic acid groups (broad SMARTS) is 1. The molecule has 0 aliphatic heterocycles. The first-order valence-corrected chi connectivity index (χ1v) is 6.47. The summed E-state index contributed by atoms with van der Waals surface area (Å²) < 4.78 is 5.39. The van der Waals surface area contributed by atoms with Gasteiger partial charge in [0.05, 0.1) is 12.5 Å². The number of nitrogens with zero attached hydrogens (tertiary/aromatic N) is 2. The van der Waals surface area contributed by atoms with Crippen LogP contribution < -0.4 is 10.1 Å². The molecule has 0 saturated carbocycles. The van der Waals surface area contributed by atoms with Gasteiger partial charge in [-0.05, 0) is 12.3 Å². The van der Waals surface area contributed by atoms with Crippen molar-refractivity contribution in [1.82, 2.24) is 9.97 Å². The van der Waals surface area contributed by atoms with E-state index in [1.54, 1.807) is 12.3 Å². The van der Waals surface area contributed by atoms with E-state index in [-0.39, 0.29) is 5.92 Å². The lowest BCUT2D eigenvalue weighted by atomic mass is 9.96. The van der Waals surface area contributed by atoms with Gasteiger partial charge in [0.1, 0.15) is 0 Å². The van der Waals surface area contributed by atoms with Crippen LogP contribution in [0.1, 0.15) is 27.2 Å². The minimum absolute atomic E-state index is 0.0459. The third kappa shape index (κ3) is 5.11. The van der Waals surface area contributed by atoms with Crippen molar-refractivity contribution in [3.8, 4) is 5.88 Å². The van der Waals surface area contributed by atoms with Crippen molar-refractivity contribution in [2.75, 3.05) is 18.5 Å². The number of hydrogen-bond donors (Lipinski definition) is 2. The molecule has 1 aromatic heterocycles. The Kier molecular flexibility index (Phi) is 6.05. The number of hydrogen-bond acceptors (Lipinski definition) is 5. The second-order valence-electron chi connectivity index (χ2n) is 4.64. The molecule has 6 heteroatoms. The number of nitrogens with one attached hydrogen (secondary N) is 1. The fourth-order valence-electron chi connectivity index (χ4n) is 1.52. The third-order valence-corrected chi connectivity index (χ3v) is 2.69. The van der Waals surface area contributed by atoms with Crippen molar-refractivity contribution >= 4 is 11.9 Å². The molecule has 0 fully saturated rings. The van der Waals surface area contributed by atoms with Gasteiger partial charge in [0.15, 0.2) is 0 Å². The van der Waals surface area contributed by atoms with Gasteiger partial charge < -0.3 is 15.2 Å². The normalized spacial score (nSPS) is 12.2. The number of aromatic nitrogens is 2. The average molecular weight is 267 g/mol. The van der Waals surface area contributed by atoms with Crippen molar-refractivity contribution in [3.63, 3.8) is 0 Å². The first-order valence-electron chi connectivity index (χ1n) is 6.47. The van der Waals surface area contributed by atoms with E-state index in [9.17, 15) is 4.79 Å². The van der Waals surface area contributed by atoms with Crippen molar-refractivity contribution in [2.45, 2.75) is 27.2 Å². The maximum absolute atomic E-state index is 11.1. The second kappa shape index (κ2) is 7.56. The van der Waals surface area contributed by atoms with Gasteiger partial charge in [-0.2, -0.15) is 4.98 Å².